The Hall–Kier alpha value is -2.84. The lowest BCUT2D eigenvalue weighted by Crippen LogP contribution is -2.39. The molecular formula is C19H17FN2O4S. The van der Waals surface area contributed by atoms with Crippen LogP contribution in [-0.4, -0.2) is 25.4 Å². The van der Waals surface area contributed by atoms with E-state index >= 15 is 0 Å². The fraction of sp³-hybridized carbons (Fsp3) is 0.158. The van der Waals surface area contributed by atoms with Crippen LogP contribution in [0.15, 0.2) is 65.6 Å². The number of hydrogen-bond donors (Lipinski definition) is 1. The highest BCUT2D eigenvalue weighted by Crippen LogP contribution is 2.15. The molecule has 2 aromatic carbocycles. The average molecular weight is 388 g/mol. The minimum Gasteiger partial charge on any atom is -0.458 e. The van der Waals surface area contributed by atoms with Crippen LogP contribution in [0.2, 0.25) is 0 Å². The van der Waals surface area contributed by atoms with Gasteiger partial charge in [0.05, 0.1) is 11.2 Å². The maximum Gasteiger partial charge on any atom is 0.324 e. The van der Waals surface area contributed by atoms with Gasteiger partial charge < -0.3 is 4.74 Å². The molecule has 1 atom stereocenters. The molecule has 0 radical (unpaired) electrons. The number of nitrogens with one attached hydrogen (secondary N) is 1. The summed E-state index contributed by atoms with van der Waals surface area (Å²) in [7, 11) is -4.19. The van der Waals surface area contributed by atoms with Crippen molar-refractivity contribution in [1.82, 2.24) is 9.71 Å². The van der Waals surface area contributed by atoms with Crippen LogP contribution < -0.4 is 4.72 Å². The van der Waals surface area contributed by atoms with Gasteiger partial charge in [-0.1, -0.05) is 36.4 Å². The van der Waals surface area contributed by atoms with Gasteiger partial charge in [0.1, 0.15) is 23.4 Å². The van der Waals surface area contributed by atoms with Crippen molar-refractivity contribution in [2.24, 2.45) is 0 Å². The SMILES string of the molecule is C[C@@H](NS(=O)(=O)c1ccccc1F)C(=O)OCc1ccc2ccccc2n1. The minimum atomic E-state index is -4.19. The Bertz CT molecular complexity index is 1090. The van der Waals surface area contributed by atoms with E-state index in [0.29, 0.717) is 5.69 Å². The Morgan fingerprint density at radius 1 is 1.11 bits per heavy atom. The predicted molar refractivity (Wildman–Crippen MR) is 97.7 cm³/mol. The summed E-state index contributed by atoms with van der Waals surface area (Å²) in [5, 5.41) is 0.957. The van der Waals surface area contributed by atoms with Crippen molar-refractivity contribution >= 4 is 26.9 Å². The number of sulfonamides is 1. The molecule has 0 bridgehead atoms. The molecule has 3 rings (SSSR count). The Kier molecular flexibility index (Phi) is 5.48. The molecule has 0 aliphatic rings. The van der Waals surface area contributed by atoms with Crippen molar-refractivity contribution in [3.05, 3.63) is 72.2 Å². The number of hydrogen-bond acceptors (Lipinski definition) is 5. The molecule has 0 amide bonds. The third-order valence-electron chi connectivity index (χ3n) is 3.83. The van der Waals surface area contributed by atoms with Gasteiger partial charge in [0, 0.05) is 5.39 Å². The van der Waals surface area contributed by atoms with Crippen molar-refractivity contribution in [3.63, 3.8) is 0 Å². The van der Waals surface area contributed by atoms with Gasteiger partial charge in [-0.25, -0.2) is 17.8 Å². The molecule has 6 nitrogen and oxygen atoms in total. The Labute approximate surface area is 156 Å². The van der Waals surface area contributed by atoms with Crippen LogP contribution in [0.4, 0.5) is 4.39 Å². The third-order valence-corrected chi connectivity index (χ3v) is 5.40. The van der Waals surface area contributed by atoms with E-state index in [9.17, 15) is 17.6 Å². The Morgan fingerprint density at radius 2 is 1.81 bits per heavy atom. The number of esters is 1. The number of benzene rings is 2. The second kappa shape index (κ2) is 7.81. The number of pyridine rings is 1. The topological polar surface area (TPSA) is 85.4 Å². The minimum absolute atomic E-state index is 0.102. The summed E-state index contributed by atoms with van der Waals surface area (Å²) in [5.41, 5.74) is 1.30. The zero-order valence-electron chi connectivity index (χ0n) is 14.4. The summed E-state index contributed by atoms with van der Waals surface area (Å²) in [5.74, 6) is -1.68. The van der Waals surface area contributed by atoms with Gasteiger partial charge in [-0.3, -0.25) is 4.79 Å². The second-order valence-corrected chi connectivity index (χ2v) is 7.56. The highest BCUT2D eigenvalue weighted by atomic mass is 32.2. The number of rotatable bonds is 6. The smallest absolute Gasteiger partial charge is 0.324 e. The molecule has 140 valence electrons. The highest BCUT2D eigenvalue weighted by Gasteiger charge is 2.25. The van der Waals surface area contributed by atoms with Crippen LogP contribution in [0.3, 0.4) is 0 Å². The second-order valence-electron chi connectivity index (χ2n) is 5.88. The molecule has 0 spiro atoms. The number of aromatic nitrogens is 1. The summed E-state index contributed by atoms with van der Waals surface area (Å²) < 4.78 is 45.4. The van der Waals surface area contributed by atoms with Gasteiger partial charge in [-0.2, -0.15) is 4.72 Å². The lowest BCUT2D eigenvalue weighted by atomic mass is 10.2. The molecule has 0 unspecified atom stereocenters. The number of halogens is 1. The van der Waals surface area contributed by atoms with E-state index < -0.39 is 32.7 Å². The van der Waals surface area contributed by atoms with E-state index in [0.717, 1.165) is 23.0 Å². The summed E-state index contributed by atoms with van der Waals surface area (Å²) in [6.07, 6.45) is 0. The summed E-state index contributed by atoms with van der Waals surface area (Å²) in [4.78, 5) is 16.0. The molecule has 0 saturated heterocycles. The van der Waals surface area contributed by atoms with Crippen molar-refractivity contribution < 1.29 is 22.3 Å². The molecule has 3 aromatic rings. The van der Waals surface area contributed by atoms with E-state index in [-0.39, 0.29) is 6.61 Å². The van der Waals surface area contributed by atoms with Gasteiger partial charge in [-0.05, 0) is 31.2 Å². The van der Waals surface area contributed by atoms with Gasteiger partial charge in [0.2, 0.25) is 10.0 Å². The van der Waals surface area contributed by atoms with E-state index in [1.165, 1.54) is 19.1 Å². The van der Waals surface area contributed by atoms with Gasteiger partial charge >= 0.3 is 5.97 Å². The first kappa shape index (κ1) is 18.9. The molecule has 27 heavy (non-hydrogen) atoms. The standard InChI is InChI=1S/C19H17FN2O4S/c1-13(22-27(24,25)18-9-5-3-7-16(18)20)19(23)26-12-15-11-10-14-6-2-4-8-17(14)21-15/h2-11,13,22H,12H2,1H3/t13-/m1/s1. The van der Waals surface area contributed by atoms with E-state index in [1.54, 1.807) is 6.07 Å². The van der Waals surface area contributed by atoms with E-state index in [2.05, 4.69) is 9.71 Å². The molecule has 0 fully saturated rings. The van der Waals surface area contributed by atoms with E-state index in [4.69, 9.17) is 4.74 Å². The first-order valence-corrected chi connectivity index (χ1v) is 9.63. The quantitative estimate of drug-likeness (QED) is 0.657. The van der Waals surface area contributed by atoms with Crippen LogP contribution in [-0.2, 0) is 26.2 Å². The monoisotopic (exact) mass is 388 g/mol. The first-order chi connectivity index (χ1) is 12.9. The maximum absolute atomic E-state index is 13.7. The van der Waals surface area contributed by atoms with Gasteiger partial charge in [0.15, 0.2) is 0 Å². The fourth-order valence-electron chi connectivity index (χ4n) is 2.47. The number of ether oxygens (including phenoxy) is 1. The number of carbonyl (C=O) groups is 1. The van der Waals surface area contributed by atoms with Crippen LogP contribution in [0.5, 0.6) is 0 Å². The number of para-hydroxylation sites is 1. The van der Waals surface area contributed by atoms with Crippen LogP contribution in [0, 0.1) is 5.82 Å². The molecule has 1 N–H and O–H groups in total. The highest BCUT2D eigenvalue weighted by molar-refractivity contribution is 7.89. The molecule has 8 heteroatoms. The molecule has 0 aliphatic carbocycles. The van der Waals surface area contributed by atoms with Crippen LogP contribution >= 0.6 is 0 Å². The zero-order valence-corrected chi connectivity index (χ0v) is 15.2. The lowest BCUT2D eigenvalue weighted by Gasteiger charge is -2.14. The van der Waals surface area contributed by atoms with Gasteiger partial charge in [-0.15, -0.1) is 0 Å². The fourth-order valence-corrected chi connectivity index (χ4v) is 3.74. The maximum atomic E-state index is 13.7. The predicted octanol–water partition coefficient (Wildman–Crippen LogP) is 2.78. The van der Waals surface area contributed by atoms with Crippen molar-refractivity contribution in [2.45, 2.75) is 24.5 Å². The van der Waals surface area contributed by atoms with Crippen molar-refractivity contribution in [1.29, 1.82) is 0 Å². The van der Waals surface area contributed by atoms with E-state index in [1.807, 2.05) is 30.3 Å². The number of carbonyl (C=O) groups excluding carboxylic acids is 1. The number of fused-ring (bicyclic) bond motifs is 1. The Morgan fingerprint density at radius 3 is 2.59 bits per heavy atom. The molecule has 1 heterocycles. The van der Waals surface area contributed by atoms with Crippen LogP contribution in [0.25, 0.3) is 10.9 Å². The van der Waals surface area contributed by atoms with Crippen molar-refractivity contribution in [3.8, 4) is 0 Å². The largest absolute Gasteiger partial charge is 0.458 e. The normalized spacial score (nSPS) is 12.7. The molecule has 0 aliphatic heterocycles. The van der Waals surface area contributed by atoms with Gasteiger partial charge in [0.25, 0.3) is 0 Å². The lowest BCUT2D eigenvalue weighted by molar-refractivity contribution is -0.146. The first-order valence-electron chi connectivity index (χ1n) is 8.15. The number of nitrogens with zero attached hydrogens (tertiary/aromatic N) is 1. The molecule has 0 saturated carbocycles. The van der Waals surface area contributed by atoms with Crippen molar-refractivity contribution in [2.75, 3.05) is 0 Å². The zero-order chi connectivity index (χ0) is 19.4. The molecule has 1 aromatic heterocycles. The van der Waals surface area contributed by atoms with Crippen LogP contribution in [0.1, 0.15) is 12.6 Å². The Balaban J connectivity index is 1.64. The summed E-state index contributed by atoms with van der Waals surface area (Å²) in [6.45, 7) is 1.23. The summed E-state index contributed by atoms with van der Waals surface area (Å²) >= 11 is 0. The summed E-state index contributed by atoms with van der Waals surface area (Å²) in [6, 6.07) is 14.8. The third kappa shape index (κ3) is 4.47. The average Bonchev–Trinajstić information content (AvgIpc) is 2.65. The molecular weight excluding hydrogens is 371 g/mol.